The molecule has 0 aromatic rings. The van der Waals surface area contributed by atoms with Gasteiger partial charge in [0.05, 0.1) is 20.6 Å². The van der Waals surface area contributed by atoms with Crippen molar-refractivity contribution in [3.63, 3.8) is 0 Å². The number of hydrogen-bond acceptors (Lipinski definition) is 0. The molecule has 0 spiro atoms. The number of likely N-dealkylation sites (N-methyl/N-ethyl adjacent to an activating group) is 1. The number of rotatable bonds is 6. The Morgan fingerprint density at radius 1 is 1.15 bits per heavy atom. The zero-order chi connectivity index (χ0) is 9.40. The van der Waals surface area contributed by atoms with Crippen LogP contribution in [0.25, 0.3) is 0 Å². The van der Waals surface area contributed by atoms with E-state index in [1.807, 2.05) is 12.2 Å². The van der Waals surface area contributed by atoms with E-state index < -0.39 is 0 Å². The Morgan fingerprint density at radius 3 is 1.92 bits per heavy atom. The Hall–Kier alpha value is -0.530. The van der Waals surface area contributed by atoms with Gasteiger partial charge in [0.1, 0.15) is 0 Å². The Bertz CT molecular complexity index is 159. The molecule has 0 aromatic heterocycles. The van der Waals surface area contributed by atoms with Crippen LogP contribution in [0.1, 0.15) is 12.8 Å². The fourth-order valence-corrected chi connectivity index (χ4v) is 0.969. The SMILES string of the molecule is C=CCC(=CC[NH+](C)C)CC=C.[Cl-]. The highest BCUT2D eigenvalue weighted by atomic mass is 35.5. The third-order valence-corrected chi connectivity index (χ3v) is 1.61. The first-order valence-corrected chi connectivity index (χ1v) is 4.39. The molecule has 0 amide bonds. The minimum atomic E-state index is 0. The van der Waals surface area contributed by atoms with Gasteiger partial charge in [0, 0.05) is 0 Å². The molecule has 0 aliphatic rings. The van der Waals surface area contributed by atoms with Crippen LogP contribution in [-0.4, -0.2) is 20.6 Å². The molecule has 1 N–H and O–H groups in total. The number of allylic oxidation sites excluding steroid dienone is 3. The highest BCUT2D eigenvalue weighted by molar-refractivity contribution is 5.09. The van der Waals surface area contributed by atoms with Gasteiger partial charge < -0.3 is 17.3 Å². The lowest BCUT2D eigenvalue weighted by molar-refractivity contribution is -0.851. The summed E-state index contributed by atoms with van der Waals surface area (Å²) in [6.07, 6.45) is 8.14. The van der Waals surface area contributed by atoms with Crippen molar-refractivity contribution >= 4 is 0 Å². The molecular formula is C11H20ClN. The molecule has 0 fully saturated rings. The zero-order valence-electron chi connectivity index (χ0n) is 8.65. The van der Waals surface area contributed by atoms with E-state index in [0.717, 1.165) is 19.4 Å². The summed E-state index contributed by atoms with van der Waals surface area (Å²) in [7, 11) is 4.30. The van der Waals surface area contributed by atoms with Crippen molar-refractivity contribution in [2.24, 2.45) is 0 Å². The third kappa shape index (κ3) is 9.38. The van der Waals surface area contributed by atoms with Crippen molar-refractivity contribution in [2.45, 2.75) is 12.8 Å². The lowest BCUT2D eigenvalue weighted by Gasteiger charge is -2.05. The zero-order valence-corrected chi connectivity index (χ0v) is 9.40. The summed E-state index contributed by atoms with van der Waals surface area (Å²) in [5.74, 6) is 0. The molecule has 13 heavy (non-hydrogen) atoms. The molecule has 0 heterocycles. The van der Waals surface area contributed by atoms with E-state index in [4.69, 9.17) is 0 Å². The predicted molar refractivity (Wildman–Crippen MR) is 55.4 cm³/mol. The van der Waals surface area contributed by atoms with Gasteiger partial charge in [-0.05, 0) is 18.9 Å². The van der Waals surface area contributed by atoms with Gasteiger partial charge in [-0.25, -0.2) is 0 Å². The van der Waals surface area contributed by atoms with Crippen LogP contribution in [0.2, 0.25) is 0 Å². The maximum absolute atomic E-state index is 3.73. The normalized spacial score (nSPS) is 8.85. The molecule has 0 aromatic carbocycles. The van der Waals surface area contributed by atoms with E-state index in [9.17, 15) is 0 Å². The van der Waals surface area contributed by atoms with Crippen molar-refractivity contribution in [1.29, 1.82) is 0 Å². The van der Waals surface area contributed by atoms with Gasteiger partial charge in [0.25, 0.3) is 0 Å². The van der Waals surface area contributed by atoms with Crippen molar-refractivity contribution < 1.29 is 17.3 Å². The summed E-state index contributed by atoms with van der Waals surface area (Å²) in [5, 5.41) is 0. The van der Waals surface area contributed by atoms with Crippen molar-refractivity contribution in [2.75, 3.05) is 20.6 Å². The van der Waals surface area contributed by atoms with Crippen LogP contribution in [0, 0.1) is 0 Å². The number of quaternary nitrogens is 1. The minimum Gasteiger partial charge on any atom is -1.00 e. The van der Waals surface area contributed by atoms with E-state index in [0.29, 0.717) is 0 Å². The fraction of sp³-hybridized carbons (Fsp3) is 0.455. The van der Waals surface area contributed by atoms with Crippen LogP contribution in [0.3, 0.4) is 0 Å². The van der Waals surface area contributed by atoms with Crippen LogP contribution < -0.4 is 17.3 Å². The Kier molecular flexibility index (Phi) is 11.0. The van der Waals surface area contributed by atoms with E-state index in [2.05, 4.69) is 33.3 Å². The fourth-order valence-electron chi connectivity index (χ4n) is 0.969. The van der Waals surface area contributed by atoms with Crippen LogP contribution in [-0.2, 0) is 0 Å². The van der Waals surface area contributed by atoms with Crippen molar-refractivity contribution in [3.8, 4) is 0 Å². The first-order chi connectivity index (χ1) is 5.70. The molecule has 0 radical (unpaired) electrons. The van der Waals surface area contributed by atoms with Gasteiger partial charge in [0.2, 0.25) is 0 Å². The average molecular weight is 202 g/mol. The minimum absolute atomic E-state index is 0. The Balaban J connectivity index is 0. The van der Waals surface area contributed by atoms with Gasteiger partial charge in [0.15, 0.2) is 0 Å². The quantitative estimate of drug-likeness (QED) is 0.485. The summed E-state index contributed by atoms with van der Waals surface area (Å²) in [5.41, 5.74) is 1.42. The van der Waals surface area contributed by atoms with Crippen LogP contribution in [0.5, 0.6) is 0 Å². The van der Waals surface area contributed by atoms with Crippen molar-refractivity contribution in [1.82, 2.24) is 0 Å². The van der Waals surface area contributed by atoms with E-state index >= 15 is 0 Å². The monoisotopic (exact) mass is 201 g/mol. The largest absolute Gasteiger partial charge is 1.00 e. The smallest absolute Gasteiger partial charge is 0.0956 e. The lowest BCUT2D eigenvalue weighted by Crippen LogP contribution is -3.05. The molecule has 0 rings (SSSR count). The maximum atomic E-state index is 3.73. The van der Waals surface area contributed by atoms with E-state index in [1.165, 1.54) is 10.5 Å². The second-order valence-corrected chi connectivity index (χ2v) is 3.26. The molecule has 0 bridgehead atoms. The van der Waals surface area contributed by atoms with Crippen LogP contribution in [0.15, 0.2) is 37.0 Å². The van der Waals surface area contributed by atoms with Crippen LogP contribution in [0.4, 0.5) is 0 Å². The summed E-state index contributed by atoms with van der Waals surface area (Å²) < 4.78 is 0. The highest BCUT2D eigenvalue weighted by Crippen LogP contribution is 2.06. The molecule has 0 atom stereocenters. The predicted octanol–water partition coefficient (Wildman–Crippen LogP) is -1.79. The number of hydrogen-bond donors (Lipinski definition) is 1. The summed E-state index contributed by atoms with van der Waals surface area (Å²) >= 11 is 0. The van der Waals surface area contributed by atoms with E-state index in [-0.39, 0.29) is 12.4 Å². The molecule has 0 saturated heterocycles. The van der Waals surface area contributed by atoms with Gasteiger partial charge in [-0.3, -0.25) is 0 Å². The Labute approximate surface area is 88.2 Å². The lowest BCUT2D eigenvalue weighted by atomic mass is 10.1. The van der Waals surface area contributed by atoms with Crippen molar-refractivity contribution in [3.05, 3.63) is 37.0 Å². The first kappa shape index (κ1) is 15.0. The summed E-state index contributed by atoms with van der Waals surface area (Å²) in [6, 6.07) is 0. The molecule has 0 aliphatic heterocycles. The Morgan fingerprint density at radius 2 is 1.62 bits per heavy atom. The van der Waals surface area contributed by atoms with Crippen LogP contribution >= 0.6 is 0 Å². The second kappa shape index (κ2) is 9.56. The van der Waals surface area contributed by atoms with E-state index in [1.54, 1.807) is 0 Å². The molecule has 0 unspecified atom stereocenters. The summed E-state index contributed by atoms with van der Waals surface area (Å²) in [4.78, 5) is 1.45. The second-order valence-electron chi connectivity index (χ2n) is 3.26. The molecule has 0 saturated carbocycles. The van der Waals surface area contributed by atoms with Gasteiger partial charge in [-0.15, -0.1) is 13.2 Å². The first-order valence-electron chi connectivity index (χ1n) is 4.39. The van der Waals surface area contributed by atoms with Gasteiger partial charge in [-0.2, -0.15) is 0 Å². The molecular weight excluding hydrogens is 182 g/mol. The number of halogens is 1. The standard InChI is InChI=1S/C11H19N.ClH/c1-5-7-11(8-6-2)9-10-12(3)4;/h5-6,9H,1-2,7-8,10H2,3-4H3;1H. The number of nitrogens with one attached hydrogen (secondary N) is 1. The summed E-state index contributed by atoms with van der Waals surface area (Å²) in [6.45, 7) is 8.54. The van der Waals surface area contributed by atoms with Gasteiger partial charge >= 0.3 is 0 Å². The van der Waals surface area contributed by atoms with Gasteiger partial charge in [-0.1, -0.05) is 17.7 Å². The highest BCUT2D eigenvalue weighted by Gasteiger charge is 1.93. The average Bonchev–Trinajstić information content (AvgIpc) is 2.01. The third-order valence-electron chi connectivity index (χ3n) is 1.61. The topological polar surface area (TPSA) is 4.44 Å². The molecule has 76 valence electrons. The molecule has 0 aliphatic carbocycles. The maximum Gasteiger partial charge on any atom is 0.0956 e. The molecule has 2 heteroatoms. The molecule has 1 nitrogen and oxygen atoms in total.